The van der Waals surface area contributed by atoms with Crippen LogP contribution in [0.2, 0.25) is 10.2 Å². The zero-order valence-corrected chi connectivity index (χ0v) is 13.2. The van der Waals surface area contributed by atoms with Gasteiger partial charge in [-0.15, -0.1) is 0 Å². The summed E-state index contributed by atoms with van der Waals surface area (Å²) in [5.74, 6) is 0. The summed E-state index contributed by atoms with van der Waals surface area (Å²) in [6.07, 6.45) is 0. The second-order valence-corrected chi connectivity index (χ2v) is 5.84. The van der Waals surface area contributed by atoms with Crippen LogP contribution in [0.4, 0.5) is 0 Å². The number of pyridine rings is 1. The van der Waals surface area contributed by atoms with Gasteiger partial charge >= 0.3 is 0 Å². The lowest BCUT2D eigenvalue weighted by Gasteiger charge is -2.26. The van der Waals surface area contributed by atoms with Crippen molar-refractivity contribution in [1.29, 1.82) is 0 Å². The van der Waals surface area contributed by atoms with E-state index in [1.807, 2.05) is 6.07 Å². The van der Waals surface area contributed by atoms with Gasteiger partial charge in [0.15, 0.2) is 0 Å². The third kappa shape index (κ3) is 4.20. The van der Waals surface area contributed by atoms with Crippen LogP contribution in [0.25, 0.3) is 0 Å². The van der Waals surface area contributed by atoms with Gasteiger partial charge in [-0.25, -0.2) is 4.98 Å². The molecule has 2 aromatic rings. The molecule has 1 aromatic carbocycles. The fraction of sp³-hybridized carbons (Fsp3) is 0.312. The minimum Gasteiger partial charge on any atom is -0.291 e. The standard InChI is InChI=1S/C16H18Cl2N2/c1-12(2)20(10-13-6-4-3-5-7-13)11-15-14(17)8-9-16(18)19-15/h3-9,12H,10-11H2,1-2H3. The molecule has 0 atom stereocenters. The third-order valence-corrected chi connectivity index (χ3v) is 3.75. The van der Waals surface area contributed by atoms with Gasteiger partial charge in [0.1, 0.15) is 5.15 Å². The molecule has 0 aliphatic rings. The lowest BCUT2D eigenvalue weighted by Crippen LogP contribution is -2.30. The molecule has 20 heavy (non-hydrogen) atoms. The van der Waals surface area contributed by atoms with E-state index in [-0.39, 0.29) is 0 Å². The average Bonchev–Trinajstić information content (AvgIpc) is 2.43. The Morgan fingerprint density at radius 3 is 2.35 bits per heavy atom. The number of nitrogens with zero attached hydrogens (tertiary/aromatic N) is 2. The maximum absolute atomic E-state index is 6.20. The van der Waals surface area contributed by atoms with Crippen molar-refractivity contribution in [2.75, 3.05) is 0 Å². The van der Waals surface area contributed by atoms with Crippen molar-refractivity contribution >= 4 is 23.2 Å². The second kappa shape index (κ2) is 7.07. The van der Waals surface area contributed by atoms with Gasteiger partial charge in [-0.1, -0.05) is 53.5 Å². The topological polar surface area (TPSA) is 16.1 Å². The van der Waals surface area contributed by atoms with E-state index in [1.165, 1.54) is 5.56 Å². The lowest BCUT2D eigenvalue weighted by molar-refractivity contribution is 0.201. The summed E-state index contributed by atoms with van der Waals surface area (Å²) in [7, 11) is 0. The summed E-state index contributed by atoms with van der Waals surface area (Å²) in [6.45, 7) is 5.89. The molecule has 0 saturated carbocycles. The summed E-state index contributed by atoms with van der Waals surface area (Å²) < 4.78 is 0. The fourth-order valence-corrected chi connectivity index (χ4v) is 2.33. The van der Waals surface area contributed by atoms with E-state index in [4.69, 9.17) is 23.2 Å². The van der Waals surface area contributed by atoms with Gasteiger partial charge in [-0.3, -0.25) is 4.90 Å². The van der Waals surface area contributed by atoms with Crippen molar-refractivity contribution in [1.82, 2.24) is 9.88 Å². The first-order chi connectivity index (χ1) is 9.56. The third-order valence-electron chi connectivity index (χ3n) is 3.20. The van der Waals surface area contributed by atoms with Crippen LogP contribution in [-0.4, -0.2) is 15.9 Å². The van der Waals surface area contributed by atoms with Crippen LogP contribution in [0.1, 0.15) is 25.1 Å². The van der Waals surface area contributed by atoms with Gasteiger partial charge in [0, 0.05) is 19.1 Å². The largest absolute Gasteiger partial charge is 0.291 e. The zero-order valence-electron chi connectivity index (χ0n) is 11.7. The quantitative estimate of drug-likeness (QED) is 0.738. The van der Waals surface area contributed by atoms with E-state index in [2.05, 4.69) is 48.0 Å². The van der Waals surface area contributed by atoms with Gasteiger partial charge in [-0.2, -0.15) is 0 Å². The molecule has 0 bridgehead atoms. The van der Waals surface area contributed by atoms with Gasteiger partial charge in [0.25, 0.3) is 0 Å². The molecular formula is C16H18Cl2N2. The second-order valence-electron chi connectivity index (χ2n) is 5.05. The summed E-state index contributed by atoms with van der Waals surface area (Å²) in [4.78, 5) is 6.65. The Labute approximate surface area is 130 Å². The van der Waals surface area contributed by atoms with Crippen LogP contribution >= 0.6 is 23.2 Å². The summed E-state index contributed by atoms with van der Waals surface area (Å²) >= 11 is 12.2. The molecule has 0 fully saturated rings. The predicted molar refractivity (Wildman–Crippen MR) is 85.1 cm³/mol. The average molecular weight is 309 g/mol. The van der Waals surface area contributed by atoms with Crippen LogP contribution < -0.4 is 0 Å². The molecule has 106 valence electrons. The maximum atomic E-state index is 6.20. The summed E-state index contributed by atoms with van der Waals surface area (Å²) in [5, 5.41) is 1.14. The Balaban J connectivity index is 2.15. The Hall–Kier alpha value is -1.09. The highest BCUT2D eigenvalue weighted by molar-refractivity contribution is 6.32. The monoisotopic (exact) mass is 308 g/mol. The molecule has 1 heterocycles. The van der Waals surface area contributed by atoms with E-state index in [0.717, 1.165) is 12.2 Å². The smallest absolute Gasteiger partial charge is 0.129 e. The molecule has 0 saturated heterocycles. The molecular weight excluding hydrogens is 291 g/mol. The number of aromatic nitrogens is 1. The molecule has 0 unspecified atom stereocenters. The highest BCUT2D eigenvalue weighted by Crippen LogP contribution is 2.20. The van der Waals surface area contributed by atoms with Crippen molar-refractivity contribution in [3.8, 4) is 0 Å². The Morgan fingerprint density at radius 2 is 1.70 bits per heavy atom. The van der Waals surface area contributed by atoms with Crippen molar-refractivity contribution in [3.05, 3.63) is 63.9 Å². The van der Waals surface area contributed by atoms with Crippen LogP contribution in [0.5, 0.6) is 0 Å². The SMILES string of the molecule is CC(C)N(Cc1ccccc1)Cc1nc(Cl)ccc1Cl. The number of rotatable bonds is 5. The van der Waals surface area contributed by atoms with E-state index in [1.54, 1.807) is 12.1 Å². The van der Waals surface area contributed by atoms with Crippen molar-refractivity contribution in [3.63, 3.8) is 0 Å². The number of halogens is 2. The minimum absolute atomic E-state index is 0.395. The predicted octanol–water partition coefficient (Wildman–Crippen LogP) is 4.80. The van der Waals surface area contributed by atoms with Crippen molar-refractivity contribution in [2.45, 2.75) is 33.0 Å². The van der Waals surface area contributed by atoms with Crippen LogP contribution in [0.3, 0.4) is 0 Å². The zero-order chi connectivity index (χ0) is 14.5. The van der Waals surface area contributed by atoms with E-state index >= 15 is 0 Å². The number of benzene rings is 1. The normalized spacial score (nSPS) is 11.3. The van der Waals surface area contributed by atoms with Crippen LogP contribution in [0, 0.1) is 0 Å². The molecule has 0 radical (unpaired) electrons. The molecule has 0 N–H and O–H groups in total. The molecule has 2 nitrogen and oxygen atoms in total. The first-order valence-electron chi connectivity index (χ1n) is 6.65. The summed E-state index contributed by atoms with van der Waals surface area (Å²) in [6, 6.07) is 14.3. The van der Waals surface area contributed by atoms with Crippen molar-refractivity contribution < 1.29 is 0 Å². The van der Waals surface area contributed by atoms with Gasteiger partial charge in [-0.05, 0) is 31.5 Å². The first-order valence-corrected chi connectivity index (χ1v) is 7.40. The molecule has 1 aromatic heterocycles. The lowest BCUT2D eigenvalue weighted by atomic mass is 10.2. The molecule has 0 spiro atoms. The van der Waals surface area contributed by atoms with Crippen LogP contribution in [-0.2, 0) is 13.1 Å². The van der Waals surface area contributed by atoms with Gasteiger partial charge in [0.2, 0.25) is 0 Å². The Kier molecular flexibility index (Phi) is 5.41. The highest BCUT2D eigenvalue weighted by atomic mass is 35.5. The Bertz CT molecular complexity index is 556. The molecule has 4 heteroatoms. The van der Waals surface area contributed by atoms with Crippen molar-refractivity contribution in [2.24, 2.45) is 0 Å². The fourth-order valence-electron chi connectivity index (χ4n) is 2.00. The van der Waals surface area contributed by atoms with Crippen LogP contribution in [0.15, 0.2) is 42.5 Å². The molecule has 0 amide bonds. The highest BCUT2D eigenvalue weighted by Gasteiger charge is 2.14. The number of hydrogen-bond acceptors (Lipinski definition) is 2. The molecule has 2 rings (SSSR count). The molecule has 0 aliphatic carbocycles. The number of hydrogen-bond donors (Lipinski definition) is 0. The van der Waals surface area contributed by atoms with E-state index in [9.17, 15) is 0 Å². The molecule has 0 aliphatic heterocycles. The van der Waals surface area contributed by atoms with E-state index < -0.39 is 0 Å². The first kappa shape index (κ1) is 15.3. The van der Waals surface area contributed by atoms with Gasteiger partial charge in [0.05, 0.1) is 10.7 Å². The Morgan fingerprint density at radius 1 is 1.00 bits per heavy atom. The van der Waals surface area contributed by atoms with E-state index in [0.29, 0.717) is 22.8 Å². The minimum atomic E-state index is 0.395. The summed E-state index contributed by atoms with van der Waals surface area (Å²) in [5.41, 5.74) is 2.10. The van der Waals surface area contributed by atoms with Gasteiger partial charge < -0.3 is 0 Å². The maximum Gasteiger partial charge on any atom is 0.129 e.